The molecule has 1 aromatic heterocycles. The third-order valence-electron chi connectivity index (χ3n) is 6.57. The van der Waals surface area contributed by atoms with Crippen molar-refractivity contribution in [2.24, 2.45) is 5.73 Å². The van der Waals surface area contributed by atoms with Gasteiger partial charge in [-0.2, -0.15) is 11.8 Å². The van der Waals surface area contributed by atoms with Crippen LogP contribution < -0.4 is 21.7 Å². The Morgan fingerprint density at radius 1 is 0.814 bits per heavy atom. The molecule has 0 aliphatic rings. The van der Waals surface area contributed by atoms with Gasteiger partial charge in [0.2, 0.25) is 17.7 Å². The monoisotopic (exact) mass is 612 g/mol. The lowest BCUT2D eigenvalue weighted by molar-refractivity contribution is -0.142. The highest BCUT2D eigenvalue weighted by molar-refractivity contribution is 7.98. The van der Waals surface area contributed by atoms with E-state index in [9.17, 15) is 34.5 Å². The largest absolute Gasteiger partial charge is 0.508 e. The summed E-state index contributed by atoms with van der Waals surface area (Å²) >= 11 is 1.47. The molecule has 3 aromatic rings. The van der Waals surface area contributed by atoms with Crippen LogP contribution in [0, 0.1) is 0 Å². The first-order chi connectivity index (χ1) is 20.5. The Morgan fingerprint density at radius 3 is 1.88 bits per heavy atom. The second kappa shape index (κ2) is 16.2. The number of imidazole rings is 1. The Kier molecular flexibility index (Phi) is 12.4. The van der Waals surface area contributed by atoms with Gasteiger partial charge in [0.15, 0.2) is 0 Å². The number of phenols is 2. The molecule has 4 atom stereocenters. The molecule has 43 heavy (non-hydrogen) atoms. The molecule has 0 saturated heterocycles. The van der Waals surface area contributed by atoms with E-state index >= 15 is 0 Å². The number of benzene rings is 2. The van der Waals surface area contributed by atoms with E-state index < -0.39 is 47.9 Å². The maximum absolute atomic E-state index is 13.4. The van der Waals surface area contributed by atoms with Crippen LogP contribution in [0.15, 0.2) is 61.1 Å². The predicted molar refractivity (Wildman–Crippen MR) is 160 cm³/mol. The van der Waals surface area contributed by atoms with Gasteiger partial charge >= 0.3 is 5.97 Å². The molecule has 1 heterocycles. The third kappa shape index (κ3) is 10.7. The lowest BCUT2D eigenvalue weighted by atomic mass is 10.0. The number of nitrogens with one attached hydrogen (secondary N) is 4. The number of carbonyl (C=O) groups excluding carboxylic acids is 3. The van der Waals surface area contributed by atoms with E-state index in [2.05, 4.69) is 25.9 Å². The molecule has 0 fully saturated rings. The van der Waals surface area contributed by atoms with Crippen molar-refractivity contribution < 1.29 is 34.5 Å². The Hall–Kier alpha value is -4.56. The molecule has 3 rings (SSSR count). The highest BCUT2D eigenvalue weighted by atomic mass is 32.2. The van der Waals surface area contributed by atoms with Crippen molar-refractivity contribution in [2.45, 2.75) is 49.9 Å². The van der Waals surface area contributed by atoms with Crippen molar-refractivity contribution in [3.8, 4) is 11.5 Å². The molecule has 0 aliphatic heterocycles. The lowest BCUT2D eigenvalue weighted by Gasteiger charge is -2.25. The fourth-order valence-electron chi connectivity index (χ4n) is 4.20. The van der Waals surface area contributed by atoms with E-state index in [1.807, 2.05) is 6.26 Å². The Bertz CT molecular complexity index is 1350. The maximum atomic E-state index is 13.4. The Morgan fingerprint density at radius 2 is 1.35 bits per heavy atom. The van der Waals surface area contributed by atoms with Crippen molar-refractivity contribution in [3.05, 3.63) is 77.9 Å². The van der Waals surface area contributed by atoms with E-state index in [1.165, 1.54) is 48.6 Å². The zero-order valence-corrected chi connectivity index (χ0v) is 24.3. The van der Waals surface area contributed by atoms with E-state index in [0.29, 0.717) is 17.0 Å². The first kappa shape index (κ1) is 32.9. The predicted octanol–water partition coefficient (Wildman–Crippen LogP) is 0.468. The van der Waals surface area contributed by atoms with Crippen molar-refractivity contribution in [1.29, 1.82) is 0 Å². The van der Waals surface area contributed by atoms with E-state index in [0.717, 1.165) is 5.56 Å². The van der Waals surface area contributed by atoms with Gasteiger partial charge in [0, 0.05) is 24.7 Å². The number of nitrogens with two attached hydrogens (primary N) is 1. The number of aromatic amines is 1. The average Bonchev–Trinajstić information content (AvgIpc) is 3.49. The number of nitrogens with zero attached hydrogens (tertiary/aromatic N) is 1. The van der Waals surface area contributed by atoms with Crippen LogP contribution in [0.5, 0.6) is 11.5 Å². The van der Waals surface area contributed by atoms with Gasteiger partial charge in [-0.25, -0.2) is 9.78 Å². The molecular weight excluding hydrogens is 576 g/mol. The summed E-state index contributed by atoms with van der Waals surface area (Å²) in [6.45, 7) is 0. The smallest absolute Gasteiger partial charge is 0.326 e. The first-order valence-electron chi connectivity index (χ1n) is 13.5. The normalized spacial score (nSPS) is 13.7. The molecule has 4 unspecified atom stereocenters. The van der Waals surface area contributed by atoms with Crippen LogP contribution >= 0.6 is 11.8 Å². The summed E-state index contributed by atoms with van der Waals surface area (Å²) in [7, 11) is 0. The standard InChI is InChI=1S/C29H36N6O7S/c1-43-11-10-23(33-26(38)22(30)12-17-2-6-20(36)7-3-17)27(39)34-24(14-19-15-31-16-32-19)28(40)35-25(29(41)42)13-18-4-8-21(37)9-5-18/h2-9,15-16,22-25,36-37H,10-14,30H2,1H3,(H,31,32)(H,33,38)(H,34,39)(H,35,40)(H,41,42). The summed E-state index contributed by atoms with van der Waals surface area (Å²) in [5.41, 5.74) is 7.92. The minimum absolute atomic E-state index is 0.0198. The third-order valence-corrected chi connectivity index (χ3v) is 7.22. The molecule has 0 bridgehead atoms. The van der Waals surface area contributed by atoms with E-state index in [-0.39, 0.29) is 37.2 Å². The van der Waals surface area contributed by atoms with Crippen LogP contribution in [0.3, 0.4) is 0 Å². The second-order valence-corrected chi connectivity index (χ2v) is 10.9. The fraction of sp³-hybridized carbons (Fsp3) is 0.345. The van der Waals surface area contributed by atoms with Crippen LogP contribution in [0.4, 0.5) is 0 Å². The lowest BCUT2D eigenvalue weighted by Crippen LogP contribution is -2.58. The topological polar surface area (TPSA) is 220 Å². The number of carboxylic acid groups (broad SMARTS) is 1. The number of aliphatic carboxylic acids is 1. The molecule has 230 valence electrons. The van der Waals surface area contributed by atoms with E-state index in [1.54, 1.807) is 24.3 Å². The van der Waals surface area contributed by atoms with Crippen LogP contribution in [-0.2, 0) is 38.4 Å². The van der Waals surface area contributed by atoms with Gasteiger partial charge in [0.25, 0.3) is 0 Å². The number of H-pyrrole nitrogens is 1. The van der Waals surface area contributed by atoms with Crippen LogP contribution in [0.1, 0.15) is 23.2 Å². The number of hydrogen-bond donors (Lipinski definition) is 8. The zero-order chi connectivity index (χ0) is 31.4. The van der Waals surface area contributed by atoms with Crippen molar-refractivity contribution in [1.82, 2.24) is 25.9 Å². The van der Waals surface area contributed by atoms with Crippen molar-refractivity contribution >= 4 is 35.5 Å². The van der Waals surface area contributed by atoms with Gasteiger partial charge in [0.1, 0.15) is 29.6 Å². The summed E-state index contributed by atoms with van der Waals surface area (Å²) in [6.07, 6.45) is 5.08. The molecule has 0 spiro atoms. The number of carboxylic acids is 1. The first-order valence-corrected chi connectivity index (χ1v) is 14.9. The quantitative estimate of drug-likeness (QED) is 0.112. The molecule has 14 heteroatoms. The minimum Gasteiger partial charge on any atom is -0.508 e. The average molecular weight is 613 g/mol. The summed E-state index contributed by atoms with van der Waals surface area (Å²) in [5.74, 6) is -2.59. The molecule has 3 amide bonds. The summed E-state index contributed by atoms with van der Waals surface area (Å²) < 4.78 is 0. The highest BCUT2D eigenvalue weighted by Gasteiger charge is 2.31. The number of phenolic OH excluding ortho intramolecular Hbond substituents is 2. The Balaban J connectivity index is 1.72. The summed E-state index contributed by atoms with van der Waals surface area (Å²) in [4.78, 5) is 58.5. The number of carbonyl (C=O) groups is 4. The molecular formula is C29H36N6O7S. The van der Waals surface area contributed by atoms with Gasteiger partial charge in [0.05, 0.1) is 12.4 Å². The number of hydrogen-bond acceptors (Lipinski definition) is 9. The van der Waals surface area contributed by atoms with Crippen molar-refractivity contribution in [2.75, 3.05) is 12.0 Å². The number of thioether (sulfide) groups is 1. The minimum atomic E-state index is -1.32. The molecule has 9 N–H and O–H groups in total. The number of amides is 3. The van der Waals surface area contributed by atoms with Crippen LogP contribution in [0.2, 0.25) is 0 Å². The Labute approximate surface area is 252 Å². The van der Waals surface area contributed by atoms with Crippen LogP contribution in [-0.4, -0.2) is 85.2 Å². The van der Waals surface area contributed by atoms with Crippen LogP contribution in [0.25, 0.3) is 0 Å². The van der Waals surface area contributed by atoms with Gasteiger partial charge < -0.3 is 42.0 Å². The highest BCUT2D eigenvalue weighted by Crippen LogP contribution is 2.13. The number of rotatable bonds is 16. The molecule has 0 saturated carbocycles. The summed E-state index contributed by atoms with van der Waals surface area (Å²) in [6, 6.07) is 7.67. The van der Waals surface area contributed by atoms with Gasteiger partial charge in [-0.3, -0.25) is 14.4 Å². The molecule has 0 radical (unpaired) electrons. The number of aromatic nitrogens is 2. The molecule has 13 nitrogen and oxygen atoms in total. The van der Waals surface area contributed by atoms with Gasteiger partial charge in [-0.15, -0.1) is 0 Å². The number of aromatic hydroxyl groups is 2. The SMILES string of the molecule is CSCCC(NC(=O)C(N)Cc1ccc(O)cc1)C(=O)NC(Cc1cnc[nH]1)C(=O)NC(Cc1ccc(O)cc1)C(=O)O. The van der Waals surface area contributed by atoms with Gasteiger partial charge in [-0.05, 0) is 60.2 Å². The van der Waals surface area contributed by atoms with Crippen molar-refractivity contribution in [3.63, 3.8) is 0 Å². The molecule has 2 aromatic carbocycles. The maximum Gasteiger partial charge on any atom is 0.326 e. The molecule has 0 aliphatic carbocycles. The van der Waals surface area contributed by atoms with Gasteiger partial charge in [-0.1, -0.05) is 24.3 Å². The zero-order valence-electron chi connectivity index (χ0n) is 23.5. The van der Waals surface area contributed by atoms with E-state index in [4.69, 9.17) is 5.73 Å². The fourth-order valence-corrected chi connectivity index (χ4v) is 4.67. The summed E-state index contributed by atoms with van der Waals surface area (Å²) in [5, 5.41) is 36.6. The second-order valence-electron chi connectivity index (χ2n) is 9.93.